The molecule has 17 heavy (non-hydrogen) atoms. The fourth-order valence-corrected chi connectivity index (χ4v) is 1.17. The highest BCUT2D eigenvalue weighted by Gasteiger charge is 2.30. The van der Waals surface area contributed by atoms with Gasteiger partial charge < -0.3 is 10.6 Å². The maximum absolute atomic E-state index is 12.1. The third-order valence-corrected chi connectivity index (χ3v) is 1.89. The van der Waals surface area contributed by atoms with Gasteiger partial charge in [-0.3, -0.25) is 10.1 Å². The van der Waals surface area contributed by atoms with E-state index < -0.39 is 29.1 Å². The van der Waals surface area contributed by atoms with Crippen LogP contribution in [-0.2, 0) is 0 Å². The average molecular weight is 250 g/mol. The van der Waals surface area contributed by atoms with Gasteiger partial charge in [-0.15, -0.1) is 0 Å². The normalized spacial score (nSPS) is 11.3. The summed E-state index contributed by atoms with van der Waals surface area (Å²) < 4.78 is 36.3. The first kappa shape index (κ1) is 13.0. The Bertz CT molecular complexity index is 435. The molecule has 0 bridgehead atoms. The molecule has 1 aromatic rings. The number of anilines is 2. The van der Waals surface area contributed by atoms with Crippen LogP contribution in [0.5, 0.6) is 0 Å². The molecule has 0 saturated heterocycles. The first-order chi connectivity index (χ1) is 7.70. The molecule has 1 heterocycles. The highest BCUT2D eigenvalue weighted by atomic mass is 19.4. The number of rotatable bonds is 3. The van der Waals surface area contributed by atoms with Crippen LogP contribution in [0.15, 0.2) is 12.1 Å². The third kappa shape index (κ3) is 3.47. The molecule has 0 saturated carbocycles. The Hall–Kier alpha value is -2.06. The number of alkyl halides is 3. The van der Waals surface area contributed by atoms with Gasteiger partial charge in [0.25, 0.3) is 0 Å². The van der Waals surface area contributed by atoms with Crippen LogP contribution in [0.25, 0.3) is 0 Å². The van der Waals surface area contributed by atoms with E-state index in [1.54, 1.807) is 0 Å². The molecule has 2 N–H and O–H groups in total. The third-order valence-electron chi connectivity index (χ3n) is 1.89. The zero-order chi connectivity index (χ0) is 13.2. The summed E-state index contributed by atoms with van der Waals surface area (Å²) in [4.78, 5) is 14.0. The van der Waals surface area contributed by atoms with Crippen molar-refractivity contribution in [3.05, 3.63) is 22.2 Å². The van der Waals surface area contributed by atoms with E-state index in [9.17, 15) is 23.3 Å². The molecule has 6 nitrogen and oxygen atoms in total. The van der Waals surface area contributed by atoms with Crippen molar-refractivity contribution in [2.75, 3.05) is 24.2 Å². The number of halogens is 3. The van der Waals surface area contributed by atoms with Crippen molar-refractivity contribution >= 4 is 17.3 Å². The highest BCUT2D eigenvalue weighted by Crippen LogP contribution is 2.24. The number of hydrogen-bond acceptors (Lipinski definition) is 5. The van der Waals surface area contributed by atoms with E-state index in [0.29, 0.717) is 0 Å². The number of hydrogen-bond donors (Lipinski definition) is 1. The zero-order valence-electron chi connectivity index (χ0n) is 8.73. The van der Waals surface area contributed by atoms with Crippen molar-refractivity contribution in [1.29, 1.82) is 0 Å². The monoisotopic (exact) mass is 250 g/mol. The predicted molar refractivity (Wildman–Crippen MR) is 54.6 cm³/mol. The smallest absolute Gasteiger partial charge is 0.378 e. The molecule has 0 aliphatic heterocycles. The van der Waals surface area contributed by atoms with E-state index in [0.717, 1.165) is 17.0 Å². The van der Waals surface area contributed by atoms with E-state index in [1.165, 1.54) is 7.05 Å². The first-order valence-electron chi connectivity index (χ1n) is 4.39. The summed E-state index contributed by atoms with van der Waals surface area (Å²) in [6.45, 7) is -1.21. The van der Waals surface area contributed by atoms with Gasteiger partial charge in [0.15, 0.2) is 0 Å². The molecule has 0 aliphatic rings. The summed E-state index contributed by atoms with van der Waals surface area (Å²) in [5.41, 5.74) is 4.83. The van der Waals surface area contributed by atoms with Crippen molar-refractivity contribution in [1.82, 2.24) is 4.98 Å². The van der Waals surface area contributed by atoms with Crippen molar-refractivity contribution < 1.29 is 18.1 Å². The molecule has 0 aliphatic carbocycles. The van der Waals surface area contributed by atoms with Gasteiger partial charge in [0, 0.05) is 13.1 Å². The fraction of sp³-hybridized carbons (Fsp3) is 0.375. The fourth-order valence-electron chi connectivity index (χ4n) is 1.17. The quantitative estimate of drug-likeness (QED) is 0.650. The minimum Gasteiger partial charge on any atom is -0.378 e. The molecule has 0 unspecified atom stereocenters. The molecule has 1 aromatic heterocycles. The van der Waals surface area contributed by atoms with Crippen LogP contribution in [-0.4, -0.2) is 29.7 Å². The van der Waals surface area contributed by atoms with E-state index in [-0.39, 0.29) is 5.82 Å². The van der Waals surface area contributed by atoms with Crippen LogP contribution in [0.1, 0.15) is 0 Å². The molecule has 0 spiro atoms. The number of pyridine rings is 1. The van der Waals surface area contributed by atoms with Crippen molar-refractivity contribution in [3.8, 4) is 0 Å². The van der Waals surface area contributed by atoms with Crippen LogP contribution in [0.4, 0.5) is 30.5 Å². The maximum atomic E-state index is 12.1. The van der Waals surface area contributed by atoms with E-state index in [2.05, 4.69) is 4.98 Å². The van der Waals surface area contributed by atoms with Gasteiger partial charge in [-0.05, 0) is 6.07 Å². The topological polar surface area (TPSA) is 85.3 Å². The van der Waals surface area contributed by atoms with Crippen LogP contribution < -0.4 is 10.6 Å². The zero-order valence-corrected chi connectivity index (χ0v) is 8.73. The lowest BCUT2D eigenvalue weighted by Gasteiger charge is -2.19. The number of nitro groups is 1. The Morgan fingerprint density at radius 2 is 2.12 bits per heavy atom. The molecular weight excluding hydrogens is 241 g/mol. The molecule has 0 radical (unpaired) electrons. The van der Waals surface area contributed by atoms with Gasteiger partial charge in [0.2, 0.25) is 5.82 Å². The van der Waals surface area contributed by atoms with Crippen molar-refractivity contribution in [3.63, 3.8) is 0 Å². The summed E-state index contributed by atoms with van der Waals surface area (Å²) in [5, 5.41) is 10.4. The molecular formula is C8H9F3N4O2. The maximum Gasteiger partial charge on any atom is 0.405 e. The van der Waals surface area contributed by atoms with Crippen LogP contribution in [0, 0.1) is 10.1 Å². The summed E-state index contributed by atoms with van der Waals surface area (Å²) in [7, 11) is 1.17. The molecule has 0 atom stereocenters. The van der Waals surface area contributed by atoms with Gasteiger partial charge in [-0.25, -0.2) is 4.98 Å². The Morgan fingerprint density at radius 1 is 1.53 bits per heavy atom. The summed E-state index contributed by atoms with van der Waals surface area (Å²) in [6, 6.07) is 2.13. The van der Waals surface area contributed by atoms with E-state index in [1.807, 2.05) is 0 Å². The Morgan fingerprint density at radius 3 is 2.53 bits per heavy atom. The molecule has 0 fully saturated rings. The van der Waals surface area contributed by atoms with E-state index in [4.69, 9.17) is 5.73 Å². The summed E-state index contributed by atoms with van der Waals surface area (Å²) in [5.74, 6) is -0.494. The summed E-state index contributed by atoms with van der Waals surface area (Å²) in [6.07, 6.45) is -4.38. The second-order valence-corrected chi connectivity index (χ2v) is 3.30. The Labute approximate surface area is 94.0 Å². The number of aromatic nitrogens is 1. The lowest BCUT2D eigenvalue weighted by molar-refractivity contribution is -0.384. The second kappa shape index (κ2) is 4.44. The second-order valence-electron chi connectivity index (χ2n) is 3.30. The molecule has 0 amide bonds. The minimum absolute atomic E-state index is 0.0783. The first-order valence-corrected chi connectivity index (χ1v) is 4.39. The molecule has 0 aromatic carbocycles. The van der Waals surface area contributed by atoms with Crippen molar-refractivity contribution in [2.24, 2.45) is 0 Å². The lowest BCUT2D eigenvalue weighted by Crippen LogP contribution is -2.31. The average Bonchev–Trinajstić information content (AvgIpc) is 2.14. The van der Waals surface area contributed by atoms with Crippen LogP contribution >= 0.6 is 0 Å². The number of nitrogen functional groups attached to an aromatic ring is 1. The SMILES string of the molecule is CN(CC(F)(F)F)c1ccc([N+](=O)[O-])c(N)n1. The van der Waals surface area contributed by atoms with Crippen LogP contribution in [0.2, 0.25) is 0 Å². The molecule has 94 valence electrons. The predicted octanol–water partition coefficient (Wildman–Crippen LogP) is 1.57. The van der Waals surface area contributed by atoms with Gasteiger partial charge >= 0.3 is 11.9 Å². The van der Waals surface area contributed by atoms with Crippen molar-refractivity contribution in [2.45, 2.75) is 6.18 Å². The highest BCUT2D eigenvalue weighted by molar-refractivity contribution is 5.57. The summed E-state index contributed by atoms with van der Waals surface area (Å²) >= 11 is 0. The van der Waals surface area contributed by atoms with Gasteiger partial charge in [-0.2, -0.15) is 13.2 Å². The van der Waals surface area contributed by atoms with Gasteiger partial charge in [-0.1, -0.05) is 0 Å². The molecule has 1 rings (SSSR count). The minimum atomic E-state index is -4.38. The van der Waals surface area contributed by atoms with E-state index >= 15 is 0 Å². The largest absolute Gasteiger partial charge is 0.405 e. The van der Waals surface area contributed by atoms with Gasteiger partial charge in [0.1, 0.15) is 12.4 Å². The standard InChI is InChI=1S/C8H9F3N4O2/c1-14(4-8(9,10)11)6-3-2-5(15(16)17)7(12)13-6/h2-3H,4H2,1H3,(H2,12,13). The Balaban J connectivity index is 2.94. The molecule has 9 heteroatoms. The van der Waals surface area contributed by atoms with Crippen LogP contribution in [0.3, 0.4) is 0 Å². The lowest BCUT2D eigenvalue weighted by atomic mass is 10.3. The van der Waals surface area contributed by atoms with Gasteiger partial charge in [0.05, 0.1) is 4.92 Å². The Kier molecular flexibility index (Phi) is 3.39. The number of nitrogens with zero attached hydrogens (tertiary/aromatic N) is 3. The number of nitrogens with two attached hydrogens (primary N) is 1.